The number of nitro groups is 1. The third-order valence-electron chi connectivity index (χ3n) is 4.38. The van der Waals surface area contributed by atoms with Crippen LogP contribution in [0, 0.1) is 10.1 Å². The standard InChI is InChI=1S/C14H15N3O2/c18-17(19)9-4-5-13-11(8-9)10-2-1-3-12-14(10)16(13)7-6-15-12/h4-5,8,12,15H,1-3,6-7H2/t12-/m0/s1. The molecule has 1 aliphatic carbocycles. The number of nitro benzene ring substituents is 1. The normalized spacial score (nSPS) is 21.4. The van der Waals surface area contributed by atoms with Gasteiger partial charge in [-0.2, -0.15) is 0 Å². The van der Waals surface area contributed by atoms with E-state index in [9.17, 15) is 10.1 Å². The predicted octanol–water partition coefficient (Wildman–Crippen LogP) is 2.53. The van der Waals surface area contributed by atoms with E-state index in [-0.39, 0.29) is 10.6 Å². The largest absolute Gasteiger partial charge is 0.342 e. The van der Waals surface area contributed by atoms with Gasteiger partial charge in [-0.25, -0.2) is 0 Å². The fourth-order valence-electron chi connectivity index (χ4n) is 3.62. The molecular formula is C14H15N3O2. The number of benzene rings is 1. The highest BCUT2D eigenvalue weighted by atomic mass is 16.6. The molecule has 0 amide bonds. The van der Waals surface area contributed by atoms with Crippen molar-refractivity contribution in [2.75, 3.05) is 6.54 Å². The van der Waals surface area contributed by atoms with Crippen LogP contribution in [0.4, 0.5) is 5.69 Å². The van der Waals surface area contributed by atoms with Gasteiger partial charge in [-0.1, -0.05) is 0 Å². The molecular weight excluding hydrogens is 242 g/mol. The lowest BCUT2D eigenvalue weighted by molar-refractivity contribution is -0.384. The second-order valence-corrected chi connectivity index (χ2v) is 5.37. The van der Waals surface area contributed by atoms with Gasteiger partial charge in [0.1, 0.15) is 0 Å². The van der Waals surface area contributed by atoms with Gasteiger partial charge in [-0.15, -0.1) is 0 Å². The van der Waals surface area contributed by atoms with Crippen LogP contribution < -0.4 is 5.32 Å². The minimum Gasteiger partial charge on any atom is -0.342 e. The Kier molecular flexibility index (Phi) is 2.20. The van der Waals surface area contributed by atoms with E-state index < -0.39 is 0 Å². The molecule has 0 saturated carbocycles. The second kappa shape index (κ2) is 3.81. The number of hydrogen-bond donors (Lipinski definition) is 1. The Morgan fingerprint density at radius 1 is 1.42 bits per heavy atom. The van der Waals surface area contributed by atoms with Crippen molar-refractivity contribution >= 4 is 16.6 Å². The average molecular weight is 257 g/mol. The number of aryl methyl sites for hydroxylation is 1. The molecule has 2 heterocycles. The summed E-state index contributed by atoms with van der Waals surface area (Å²) in [6.07, 6.45) is 3.37. The van der Waals surface area contributed by atoms with E-state index in [4.69, 9.17) is 0 Å². The van der Waals surface area contributed by atoms with Gasteiger partial charge in [-0.3, -0.25) is 10.1 Å². The van der Waals surface area contributed by atoms with E-state index in [0.29, 0.717) is 6.04 Å². The molecule has 1 atom stereocenters. The molecule has 0 bridgehead atoms. The SMILES string of the molecule is O=[N+]([O-])c1ccc2c(c1)c1c3n2CCN[C@H]3CCC1. The Hall–Kier alpha value is -1.88. The van der Waals surface area contributed by atoms with Gasteiger partial charge in [0.2, 0.25) is 0 Å². The molecule has 5 nitrogen and oxygen atoms in total. The van der Waals surface area contributed by atoms with Crippen molar-refractivity contribution in [1.82, 2.24) is 9.88 Å². The Morgan fingerprint density at radius 2 is 2.32 bits per heavy atom. The van der Waals surface area contributed by atoms with Gasteiger partial charge < -0.3 is 9.88 Å². The zero-order valence-corrected chi connectivity index (χ0v) is 10.6. The Balaban J connectivity index is 2.04. The molecule has 98 valence electrons. The maximum absolute atomic E-state index is 11.0. The maximum atomic E-state index is 11.0. The molecule has 2 aromatic rings. The summed E-state index contributed by atoms with van der Waals surface area (Å²) in [6.45, 7) is 1.94. The molecule has 1 N–H and O–H groups in total. The number of nitrogens with zero attached hydrogens (tertiary/aromatic N) is 2. The third-order valence-corrected chi connectivity index (χ3v) is 4.38. The smallest absolute Gasteiger partial charge is 0.270 e. The fourth-order valence-corrected chi connectivity index (χ4v) is 3.62. The van der Waals surface area contributed by atoms with Crippen LogP contribution in [0.3, 0.4) is 0 Å². The number of hydrogen-bond acceptors (Lipinski definition) is 3. The second-order valence-electron chi connectivity index (χ2n) is 5.37. The summed E-state index contributed by atoms with van der Waals surface area (Å²) in [5.74, 6) is 0. The monoisotopic (exact) mass is 257 g/mol. The molecule has 0 spiro atoms. The number of aromatic nitrogens is 1. The average Bonchev–Trinajstić information content (AvgIpc) is 2.76. The van der Waals surface area contributed by atoms with E-state index in [0.717, 1.165) is 36.8 Å². The van der Waals surface area contributed by atoms with Crippen molar-refractivity contribution in [2.24, 2.45) is 0 Å². The van der Waals surface area contributed by atoms with E-state index >= 15 is 0 Å². The zero-order chi connectivity index (χ0) is 13.0. The van der Waals surface area contributed by atoms with Crippen LogP contribution in [0.25, 0.3) is 10.9 Å². The van der Waals surface area contributed by atoms with Crippen LogP contribution in [-0.4, -0.2) is 16.0 Å². The zero-order valence-electron chi connectivity index (χ0n) is 10.6. The molecule has 0 fully saturated rings. The minimum absolute atomic E-state index is 0.196. The highest BCUT2D eigenvalue weighted by Crippen LogP contribution is 2.39. The summed E-state index contributed by atoms with van der Waals surface area (Å²) in [5.41, 5.74) is 4.04. The quantitative estimate of drug-likeness (QED) is 0.631. The maximum Gasteiger partial charge on any atom is 0.270 e. The first-order valence-electron chi connectivity index (χ1n) is 6.78. The van der Waals surface area contributed by atoms with Crippen molar-refractivity contribution in [3.63, 3.8) is 0 Å². The van der Waals surface area contributed by atoms with Gasteiger partial charge in [0.15, 0.2) is 0 Å². The molecule has 2 aliphatic rings. The van der Waals surface area contributed by atoms with Gasteiger partial charge in [0.25, 0.3) is 5.69 Å². The van der Waals surface area contributed by atoms with Crippen LogP contribution in [0.1, 0.15) is 30.1 Å². The highest BCUT2D eigenvalue weighted by molar-refractivity contribution is 5.88. The van der Waals surface area contributed by atoms with Crippen molar-refractivity contribution in [3.8, 4) is 0 Å². The van der Waals surface area contributed by atoms with Crippen molar-refractivity contribution in [3.05, 3.63) is 39.6 Å². The predicted molar refractivity (Wildman–Crippen MR) is 72.3 cm³/mol. The Morgan fingerprint density at radius 3 is 3.16 bits per heavy atom. The van der Waals surface area contributed by atoms with Crippen LogP contribution in [-0.2, 0) is 13.0 Å². The lowest BCUT2D eigenvalue weighted by atomic mass is 9.91. The van der Waals surface area contributed by atoms with Gasteiger partial charge in [0.05, 0.1) is 4.92 Å². The molecule has 5 heteroatoms. The summed E-state index contributed by atoms with van der Waals surface area (Å²) in [5, 5.41) is 15.6. The van der Waals surface area contributed by atoms with E-state index in [1.54, 1.807) is 12.1 Å². The molecule has 19 heavy (non-hydrogen) atoms. The fraction of sp³-hybridized carbons (Fsp3) is 0.429. The van der Waals surface area contributed by atoms with Crippen LogP contribution >= 0.6 is 0 Å². The summed E-state index contributed by atoms with van der Waals surface area (Å²) in [6, 6.07) is 5.71. The summed E-state index contributed by atoms with van der Waals surface area (Å²) in [4.78, 5) is 10.6. The van der Waals surface area contributed by atoms with Crippen molar-refractivity contribution in [2.45, 2.75) is 31.8 Å². The van der Waals surface area contributed by atoms with Crippen LogP contribution in [0.5, 0.6) is 0 Å². The van der Waals surface area contributed by atoms with Gasteiger partial charge in [0, 0.05) is 47.9 Å². The number of non-ortho nitro benzene ring substituents is 1. The van der Waals surface area contributed by atoms with Crippen LogP contribution in [0.2, 0.25) is 0 Å². The van der Waals surface area contributed by atoms with Gasteiger partial charge >= 0.3 is 0 Å². The lowest BCUT2D eigenvalue weighted by Crippen LogP contribution is -2.35. The van der Waals surface area contributed by atoms with Crippen LogP contribution in [0.15, 0.2) is 18.2 Å². The van der Waals surface area contributed by atoms with E-state index in [2.05, 4.69) is 9.88 Å². The molecule has 1 aromatic heterocycles. The first-order chi connectivity index (χ1) is 9.25. The van der Waals surface area contributed by atoms with Crippen molar-refractivity contribution in [1.29, 1.82) is 0 Å². The molecule has 0 saturated heterocycles. The summed E-state index contributed by atoms with van der Waals surface area (Å²) in [7, 11) is 0. The van der Waals surface area contributed by atoms with E-state index in [1.165, 1.54) is 17.7 Å². The molecule has 0 unspecified atom stereocenters. The van der Waals surface area contributed by atoms with Gasteiger partial charge in [-0.05, 0) is 30.9 Å². The third kappa shape index (κ3) is 1.45. The Labute approximate surface area is 110 Å². The van der Waals surface area contributed by atoms with Crippen molar-refractivity contribution < 1.29 is 4.92 Å². The first kappa shape index (κ1) is 11.0. The topological polar surface area (TPSA) is 60.1 Å². The highest BCUT2D eigenvalue weighted by Gasteiger charge is 2.30. The molecule has 4 rings (SSSR count). The van der Waals surface area contributed by atoms with E-state index in [1.807, 2.05) is 6.07 Å². The Bertz CT molecular complexity index is 688. The molecule has 0 radical (unpaired) electrons. The summed E-state index contributed by atoms with van der Waals surface area (Å²) < 4.78 is 2.36. The minimum atomic E-state index is -0.304. The first-order valence-corrected chi connectivity index (χ1v) is 6.78. The number of fused-ring (bicyclic) bond motifs is 3. The number of nitrogens with one attached hydrogen (secondary N) is 1. The summed E-state index contributed by atoms with van der Waals surface area (Å²) >= 11 is 0. The lowest BCUT2D eigenvalue weighted by Gasteiger charge is -2.31. The molecule has 1 aliphatic heterocycles. The molecule has 1 aromatic carbocycles. The number of rotatable bonds is 1.